The molecule has 1 aromatic carbocycles. The summed E-state index contributed by atoms with van der Waals surface area (Å²) in [6.45, 7) is 2.43. The van der Waals surface area contributed by atoms with Gasteiger partial charge in [-0.1, -0.05) is 12.2 Å². The van der Waals surface area contributed by atoms with Crippen LogP contribution in [-0.2, 0) is 4.79 Å². The summed E-state index contributed by atoms with van der Waals surface area (Å²) < 4.78 is 5.36. The molecule has 0 radical (unpaired) electrons. The molecule has 0 saturated heterocycles. The van der Waals surface area contributed by atoms with Crippen molar-refractivity contribution in [2.45, 2.75) is 26.2 Å². The first-order valence-electron chi connectivity index (χ1n) is 7.03. The molecule has 20 heavy (non-hydrogen) atoms. The molecule has 108 valence electrons. The van der Waals surface area contributed by atoms with E-state index in [1.54, 1.807) is 7.11 Å². The number of hydrogen-bond donors (Lipinski definition) is 2. The van der Waals surface area contributed by atoms with Gasteiger partial charge in [-0.25, -0.2) is 0 Å². The second kappa shape index (κ2) is 6.98. The fourth-order valence-electron chi connectivity index (χ4n) is 2.42. The summed E-state index contributed by atoms with van der Waals surface area (Å²) in [6.07, 6.45) is 8.00. The first-order chi connectivity index (χ1) is 9.69. The lowest BCUT2D eigenvalue weighted by Gasteiger charge is -2.20. The van der Waals surface area contributed by atoms with E-state index in [1.165, 1.54) is 13.3 Å². The second-order valence-electron chi connectivity index (χ2n) is 5.13. The average molecular weight is 274 g/mol. The van der Waals surface area contributed by atoms with Crippen LogP contribution in [0.4, 0.5) is 11.4 Å². The molecule has 1 amide bonds. The summed E-state index contributed by atoms with van der Waals surface area (Å²) in [7, 11) is 1.65. The van der Waals surface area contributed by atoms with Gasteiger partial charge in [0, 0.05) is 19.2 Å². The Labute approximate surface area is 120 Å². The molecule has 1 aliphatic carbocycles. The number of carbonyl (C=O) groups is 1. The van der Waals surface area contributed by atoms with Crippen LogP contribution < -0.4 is 15.4 Å². The number of anilines is 2. The molecule has 4 heteroatoms. The lowest BCUT2D eigenvalue weighted by atomic mass is 9.94. The highest BCUT2D eigenvalue weighted by Gasteiger charge is 2.11. The molecule has 0 saturated carbocycles. The van der Waals surface area contributed by atoms with E-state index >= 15 is 0 Å². The van der Waals surface area contributed by atoms with Gasteiger partial charge < -0.3 is 15.4 Å². The number of hydrogen-bond acceptors (Lipinski definition) is 3. The van der Waals surface area contributed by atoms with Crippen molar-refractivity contribution in [1.82, 2.24) is 0 Å². The van der Waals surface area contributed by atoms with E-state index in [9.17, 15) is 4.79 Å². The molecule has 1 unspecified atom stereocenters. The van der Waals surface area contributed by atoms with Gasteiger partial charge in [-0.2, -0.15) is 0 Å². The van der Waals surface area contributed by atoms with E-state index in [0.717, 1.165) is 36.5 Å². The minimum absolute atomic E-state index is 0.0708. The molecule has 0 bridgehead atoms. The third-order valence-corrected chi connectivity index (χ3v) is 3.48. The monoisotopic (exact) mass is 274 g/mol. The van der Waals surface area contributed by atoms with Crippen molar-refractivity contribution in [3.05, 3.63) is 30.4 Å². The molecule has 0 aliphatic heterocycles. The van der Waals surface area contributed by atoms with Gasteiger partial charge >= 0.3 is 0 Å². The maximum Gasteiger partial charge on any atom is 0.221 e. The molecule has 0 spiro atoms. The van der Waals surface area contributed by atoms with Gasteiger partial charge in [0.2, 0.25) is 5.91 Å². The van der Waals surface area contributed by atoms with Gasteiger partial charge in [-0.3, -0.25) is 4.79 Å². The van der Waals surface area contributed by atoms with Crippen molar-refractivity contribution in [2.24, 2.45) is 5.92 Å². The zero-order valence-electron chi connectivity index (χ0n) is 12.1. The second-order valence-corrected chi connectivity index (χ2v) is 5.13. The number of allylic oxidation sites excluding steroid dienone is 2. The van der Waals surface area contributed by atoms with Gasteiger partial charge in [0.25, 0.3) is 0 Å². The number of nitrogens with one attached hydrogen (secondary N) is 2. The average Bonchev–Trinajstić information content (AvgIpc) is 2.46. The van der Waals surface area contributed by atoms with Crippen LogP contribution in [0.2, 0.25) is 0 Å². The Morgan fingerprint density at radius 2 is 2.25 bits per heavy atom. The lowest BCUT2D eigenvalue weighted by molar-refractivity contribution is -0.114. The van der Waals surface area contributed by atoms with E-state index in [0.29, 0.717) is 5.92 Å². The quantitative estimate of drug-likeness (QED) is 0.809. The fourth-order valence-corrected chi connectivity index (χ4v) is 2.42. The van der Waals surface area contributed by atoms with Crippen LogP contribution in [0.15, 0.2) is 30.4 Å². The van der Waals surface area contributed by atoms with E-state index in [4.69, 9.17) is 4.74 Å². The smallest absolute Gasteiger partial charge is 0.221 e. The van der Waals surface area contributed by atoms with Crippen LogP contribution >= 0.6 is 0 Å². The molecular weight excluding hydrogens is 252 g/mol. The number of ether oxygens (including phenoxy) is 1. The Balaban J connectivity index is 2.03. The third-order valence-electron chi connectivity index (χ3n) is 3.48. The SMILES string of the molecule is COc1ccc(NC(C)=O)cc1NCC1CC=CCC1. The summed E-state index contributed by atoms with van der Waals surface area (Å²) in [5, 5.41) is 6.23. The predicted molar refractivity (Wildman–Crippen MR) is 82.3 cm³/mol. The highest BCUT2D eigenvalue weighted by atomic mass is 16.5. The molecule has 2 rings (SSSR count). The first-order valence-corrected chi connectivity index (χ1v) is 7.03. The van der Waals surface area contributed by atoms with Crippen LogP contribution in [0, 0.1) is 5.92 Å². The molecule has 1 aliphatic rings. The summed E-state index contributed by atoms with van der Waals surface area (Å²) in [4.78, 5) is 11.1. The van der Waals surface area contributed by atoms with E-state index in [2.05, 4.69) is 22.8 Å². The summed E-state index contributed by atoms with van der Waals surface area (Å²) in [5.41, 5.74) is 1.71. The molecular formula is C16H22N2O2. The zero-order valence-corrected chi connectivity index (χ0v) is 12.1. The van der Waals surface area contributed by atoms with Gasteiger partial charge in [0.15, 0.2) is 0 Å². The number of carbonyl (C=O) groups excluding carboxylic acids is 1. The molecule has 1 aromatic rings. The normalized spacial score (nSPS) is 17.6. The van der Waals surface area contributed by atoms with Crippen molar-refractivity contribution in [3.63, 3.8) is 0 Å². The highest BCUT2D eigenvalue weighted by Crippen LogP contribution is 2.29. The Hall–Kier alpha value is -1.97. The van der Waals surface area contributed by atoms with Crippen LogP contribution in [-0.4, -0.2) is 19.6 Å². The molecule has 0 aromatic heterocycles. The van der Waals surface area contributed by atoms with Crippen molar-refractivity contribution >= 4 is 17.3 Å². The minimum atomic E-state index is -0.0708. The molecule has 2 N–H and O–H groups in total. The van der Waals surface area contributed by atoms with E-state index < -0.39 is 0 Å². The maximum atomic E-state index is 11.1. The number of rotatable bonds is 5. The van der Waals surface area contributed by atoms with Crippen LogP contribution in [0.25, 0.3) is 0 Å². The Kier molecular flexibility index (Phi) is 5.04. The van der Waals surface area contributed by atoms with Gasteiger partial charge in [-0.05, 0) is 43.4 Å². The predicted octanol–water partition coefficient (Wildman–Crippen LogP) is 3.42. The Bertz CT molecular complexity index is 497. The van der Waals surface area contributed by atoms with Crippen molar-refractivity contribution in [1.29, 1.82) is 0 Å². The van der Waals surface area contributed by atoms with Crippen LogP contribution in [0.5, 0.6) is 5.75 Å². The van der Waals surface area contributed by atoms with E-state index in [1.807, 2.05) is 18.2 Å². The van der Waals surface area contributed by atoms with Crippen molar-refractivity contribution in [3.8, 4) is 5.75 Å². The maximum absolute atomic E-state index is 11.1. The first kappa shape index (κ1) is 14.4. The fraction of sp³-hybridized carbons (Fsp3) is 0.438. The minimum Gasteiger partial charge on any atom is -0.495 e. The molecule has 1 atom stereocenters. The summed E-state index contributed by atoms with van der Waals surface area (Å²) in [6, 6.07) is 5.63. The van der Waals surface area contributed by atoms with Gasteiger partial charge in [-0.15, -0.1) is 0 Å². The summed E-state index contributed by atoms with van der Waals surface area (Å²) >= 11 is 0. The topological polar surface area (TPSA) is 50.4 Å². The number of methoxy groups -OCH3 is 1. The largest absolute Gasteiger partial charge is 0.495 e. The lowest BCUT2D eigenvalue weighted by Crippen LogP contribution is -2.16. The van der Waals surface area contributed by atoms with E-state index in [-0.39, 0.29) is 5.91 Å². The van der Waals surface area contributed by atoms with Crippen molar-refractivity contribution in [2.75, 3.05) is 24.3 Å². The summed E-state index contributed by atoms with van der Waals surface area (Å²) in [5.74, 6) is 1.39. The number of amides is 1. The van der Waals surface area contributed by atoms with Gasteiger partial charge in [0.05, 0.1) is 12.8 Å². The molecule has 0 fully saturated rings. The number of benzene rings is 1. The van der Waals surface area contributed by atoms with Crippen LogP contribution in [0.3, 0.4) is 0 Å². The Morgan fingerprint density at radius 3 is 2.90 bits per heavy atom. The zero-order chi connectivity index (χ0) is 14.4. The third kappa shape index (κ3) is 4.02. The standard InChI is InChI=1S/C16H22N2O2/c1-12(19)18-14-8-9-16(20-2)15(10-14)17-11-13-6-4-3-5-7-13/h3-4,8-10,13,17H,5-7,11H2,1-2H3,(H,18,19). The molecule has 4 nitrogen and oxygen atoms in total. The van der Waals surface area contributed by atoms with Crippen molar-refractivity contribution < 1.29 is 9.53 Å². The highest BCUT2D eigenvalue weighted by molar-refractivity contribution is 5.89. The molecule has 0 heterocycles. The van der Waals surface area contributed by atoms with Gasteiger partial charge in [0.1, 0.15) is 5.75 Å². The Morgan fingerprint density at radius 1 is 1.40 bits per heavy atom. The van der Waals surface area contributed by atoms with Crippen LogP contribution in [0.1, 0.15) is 26.2 Å².